The molecule has 0 saturated carbocycles. The van der Waals surface area contributed by atoms with Gasteiger partial charge >= 0.3 is 0 Å². The molecule has 0 spiro atoms. The van der Waals surface area contributed by atoms with Gasteiger partial charge in [0.25, 0.3) is 0 Å². The van der Waals surface area contributed by atoms with E-state index in [4.69, 9.17) is 0 Å². The Kier molecular flexibility index (Phi) is 4.10. The maximum absolute atomic E-state index is 12.5. The smallest absolute Gasteiger partial charge is 0.246 e. The molecule has 1 aromatic heterocycles. The number of anilines is 1. The molecule has 2 aliphatic rings. The highest BCUT2D eigenvalue weighted by molar-refractivity contribution is 7.15. The van der Waals surface area contributed by atoms with E-state index in [9.17, 15) is 9.59 Å². The van der Waals surface area contributed by atoms with Crippen LogP contribution < -0.4 is 5.32 Å². The Morgan fingerprint density at radius 2 is 2.29 bits per heavy atom. The molecule has 3 rings (SSSR count). The van der Waals surface area contributed by atoms with Crippen LogP contribution in [0.5, 0.6) is 0 Å². The van der Waals surface area contributed by atoms with Crippen LogP contribution in [0.15, 0.2) is 6.20 Å². The molecule has 21 heavy (non-hydrogen) atoms. The van der Waals surface area contributed by atoms with Gasteiger partial charge in [-0.25, -0.2) is 4.98 Å². The number of amides is 2. The second kappa shape index (κ2) is 6.01. The predicted molar refractivity (Wildman–Crippen MR) is 81.0 cm³/mol. The highest BCUT2D eigenvalue weighted by atomic mass is 32.1. The normalized spacial score (nSPS) is 22.4. The average molecular weight is 308 g/mol. The van der Waals surface area contributed by atoms with E-state index in [0.29, 0.717) is 6.54 Å². The summed E-state index contributed by atoms with van der Waals surface area (Å²) in [6, 6.07) is -0.235. The molecule has 6 nitrogen and oxygen atoms in total. The Bertz CT molecular complexity index is 545. The van der Waals surface area contributed by atoms with E-state index in [1.54, 1.807) is 27.3 Å². The molecular formula is C14H20N4O2S. The molecule has 2 aliphatic heterocycles. The number of thiazole rings is 1. The highest BCUT2D eigenvalue weighted by Crippen LogP contribution is 2.26. The summed E-state index contributed by atoms with van der Waals surface area (Å²) in [5.41, 5.74) is 0. The molecule has 114 valence electrons. The molecule has 1 unspecified atom stereocenters. The molecule has 0 bridgehead atoms. The van der Waals surface area contributed by atoms with Crippen LogP contribution in [0.2, 0.25) is 0 Å². The fourth-order valence-corrected chi connectivity index (χ4v) is 3.86. The molecule has 2 amide bonds. The third kappa shape index (κ3) is 2.88. The summed E-state index contributed by atoms with van der Waals surface area (Å²) in [6.45, 7) is 4.26. The first-order chi connectivity index (χ1) is 10.2. The monoisotopic (exact) mass is 308 g/mol. The summed E-state index contributed by atoms with van der Waals surface area (Å²) in [4.78, 5) is 33.5. The van der Waals surface area contributed by atoms with Crippen LogP contribution in [-0.4, -0.2) is 52.3 Å². The summed E-state index contributed by atoms with van der Waals surface area (Å²) in [5.74, 6) is 0.170. The van der Waals surface area contributed by atoms with E-state index in [1.807, 2.05) is 6.92 Å². The maximum Gasteiger partial charge on any atom is 0.246 e. The van der Waals surface area contributed by atoms with Crippen LogP contribution in [0.1, 0.15) is 31.1 Å². The number of aromatic nitrogens is 1. The van der Waals surface area contributed by atoms with E-state index in [2.05, 4.69) is 10.3 Å². The molecule has 0 aromatic carbocycles. The van der Waals surface area contributed by atoms with Crippen molar-refractivity contribution in [3.63, 3.8) is 0 Å². The summed E-state index contributed by atoms with van der Waals surface area (Å²) in [7, 11) is 0. The van der Waals surface area contributed by atoms with Gasteiger partial charge in [0.05, 0.1) is 6.54 Å². The van der Waals surface area contributed by atoms with Gasteiger partial charge in [-0.15, -0.1) is 11.3 Å². The van der Waals surface area contributed by atoms with Crippen molar-refractivity contribution < 1.29 is 9.59 Å². The van der Waals surface area contributed by atoms with Crippen LogP contribution >= 0.6 is 11.3 Å². The van der Waals surface area contributed by atoms with Crippen molar-refractivity contribution in [1.82, 2.24) is 14.8 Å². The second-order valence-corrected chi connectivity index (χ2v) is 6.57. The van der Waals surface area contributed by atoms with Gasteiger partial charge in [0, 0.05) is 24.2 Å². The standard InChI is InChI=1S/C14H20N4O2S/c1-2-15-14-16-7-10(21-14)8-17-9-12(19)18-6-4-3-5-11(18)13(17)20/h7,11H,2-6,8-9H2,1H3,(H,15,16). The number of hydrogen-bond acceptors (Lipinski definition) is 5. The minimum Gasteiger partial charge on any atom is -0.362 e. The number of nitrogens with one attached hydrogen (secondary N) is 1. The zero-order chi connectivity index (χ0) is 14.8. The lowest BCUT2D eigenvalue weighted by molar-refractivity contribution is -0.158. The maximum atomic E-state index is 12.5. The van der Waals surface area contributed by atoms with Crippen molar-refractivity contribution in [2.45, 2.75) is 38.8 Å². The van der Waals surface area contributed by atoms with Crippen LogP contribution in [0.3, 0.4) is 0 Å². The first-order valence-corrected chi connectivity index (χ1v) is 8.27. The summed E-state index contributed by atoms with van der Waals surface area (Å²) < 4.78 is 0. The SMILES string of the molecule is CCNc1ncc(CN2CC(=O)N3CCCCC3C2=O)s1. The van der Waals surface area contributed by atoms with Gasteiger partial charge in [0.1, 0.15) is 12.6 Å². The number of piperidine rings is 1. The van der Waals surface area contributed by atoms with E-state index < -0.39 is 0 Å². The topological polar surface area (TPSA) is 65.5 Å². The van der Waals surface area contributed by atoms with Gasteiger partial charge in [-0.3, -0.25) is 9.59 Å². The van der Waals surface area contributed by atoms with E-state index in [0.717, 1.165) is 42.4 Å². The molecule has 0 aliphatic carbocycles. The van der Waals surface area contributed by atoms with Gasteiger partial charge in [-0.1, -0.05) is 0 Å². The molecule has 2 saturated heterocycles. The van der Waals surface area contributed by atoms with Crippen molar-refractivity contribution >= 4 is 28.3 Å². The lowest BCUT2D eigenvalue weighted by Crippen LogP contribution is -2.60. The van der Waals surface area contributed by atoms with Gasteiger partial charge in [-0.2, -0.15) is 0 Å². The Hall–Kier alpha value is -1.63. The van der Waals surface area contributed by atoms with Gasteiger partial charge in [-0.05, 0) is 26.2 Å². The number of fused-ring (bicyclic) bond motifs is 1. The quantitative estimate of drug-likeness (QED) is 0.910. The van der Waals surface area contributed by atoms with Crippen molar-refractivity contribution in [2.75, 3.05) is 25.0 Å². The van der Waals surface area contributed by atoms with E-state index in [-0.39, 0.29) is 24.4 Å². The van der Waals surface area contributed by atoms with E-state index in [1.165, 1.54) is 0 Å². The second-order valence-electron chi connectivity index (χ2n) is 5.46. The zero-order valence-electron chi connectivity index (χ0n) is 12.2. The largest absolute Gasteiger partial charge is 0.362 e. The Morgan fingerprint density at radius 1 is 1.43 bits per heavy atom. The van der Waals surface area contributed by atoms with Crippen LogP contribution in [0, 0.1) is 0 Å². The van der Waals surface area contributed by atoms with Crippen LogP contribution in [-0.2, 0) is 16.1 Å². The third-order valence-electron chi connectivity index (χ3n) is 3.97. The van der Waals surface area contributed by atoms with Gasteiger partial charge in [0.15, 0.2) is 5.13 Å². The van der Waals surface area contributed by atoms with Gasteiger partial charge < -0.3 is 15.1 Å². The zero-order valence-corrected chi connectivity index (χ0v) is 13.0. The van der Waals surface area contributed by atoms with Crippen molar-refractivity contribution in [3.05, 3.63) is 11.1 Å². The lowest BCUT2D eigenvalue weighted by Gasteiger charge is -2.42. The van der Waals surface area contributed by atoms with Gasteiger partial charge in [0.2, 0.25) is 11.8 Å². The third-order valence-corrected chi connectivity index (χ3v) is 4.91. The number of carbonyl (C=O) groups excluding carboxylic acids is 2. The molecule has 1 aromatic rings. The summed E-state index contributed by atoms with van der Waals surface area (Å²) in [6.07, 6.45) is 4.62. The number of nitrogens with zero attached hydrogens (tertiary/aromatic N) is 3. The first kappa shape index (κ1) is 14.3. The van der Waals surface area contributed by atoms with E-state index >= 15 is 0 Å². The number of hydrogen-bond donors (Lipinski definition) is 1. The predicted octanol–water partition coefficient (Wildman–Crippen LogP) is 1.30. The van der Waals surface area contributed by atoms with Crippen molar-refractivity contribution in [3.8, 4) is 0 Å². The molecule has 2 fully saturated rings. The minimum absolute atomic E-state index is 0.0794. The first-order valence-electron chi connectivity index (χ1n) is 7.46. The number of rotatable bonds is 4. The molecule has 1 atom stereocenters. The molecule has 0 radical (unpaired) electrons. The number of piperazine rings is 1. The molecule has 7 heteroatoms. The van der Waals surface area contributed by atoms with Crippen molar-refractivity contribution in [1.29, 1.82) is 0 Å². The highest BCUT2D eigenvalue weighted by Gasteiger charge is 2.40. The fraction of sp³-hybridized carbons (Fsp3) is 0.643. The summed E-state index contributed by atoms with van der Waals surface area (Å²) >= 11 is 1.54. The molecule has 3 heterocycles. The van der Waals surface area contributed by atoms with Crippen LogP contribution in [0.4, 0.5) is 5.13 Å². The lowest BCUT2D eigenvalue weighted by atomic mass is 9.98. The minimum atomic E-state index is -0.235. The molecular weight excluding hydrogens is 288 g/mol. The Labute approximate surface area is 128 Å². The summed E-state index contributed by atoms with van der Waals surface area (Å²) in [5, 5.41) is 4.02. The average Bonchev–Trinajstić information content (AvgIpc) is 2.92. The molecule has 1 N–H and O–H groups in total. The van der Waals surface area contributed by atoms with Crippen LogP contribution in [0.25, 0.3) is 0 Å². The Balaban J connectivity index is 1.70. The Morgan fingerprint density at radius 3 is 3.10 bits per heavy atom. The van der Waals surface area contributed by atoms with Crippen molar-refractivity contribution in [2.24, 2.45) is 0 Å². The number of carbonyl (C=O) groups is 2. The fourth-order valence-electron chi connectivity index (χ4n) is 2.97.